The molecule has 3 heteroatoms. The molecule has 0 spiro atoms. The van der Waals surface area contributed by atoms with Gasteiger partial charge in [-0.3, -0.25) is 0 Å². The van der Waals surface area contributed by atoms with Crippen molar-refractivity contribution in [3.63, 3.8) is 0 Å². The Morgan fingerprint density at radius 3 is 2.58 bits per heavy atom. The van der Waals surface area contributed by atoms with Gasteiger partial charge in [0, 0.05) is 18.4 Å². The number of nitrogens with two attached hydrogens (primary N) is 1. The van der Waals surface area contributed by atoms with E-state index in [2.05, 4.69) is 28.9 Å². The number of hydrogen-bond acceptors (Lipinski definition) is 3. The Bertz CT molecular complexity index is 523. The van der Waals surface area contributed by atoms with E-state index in [0.717, 1.165) is 42.1 Å². The summed E-state index contributed by atoms with van der Waals surface area (Å²) < 4.78 is 0. The van der Waals surface area contributed by atoms with E-state index in [4.69, 9.17) is 5.73 Å². The summed E-state index contributed by atoms with van der Waals surface area (Å²) in [6, 6.07) is 12.2. The van der Waals surface area contributed by atoms with Gasteiger partial charge in [0.05, 0.1) is 5.69 Å². The summed E-state index contributed by atoms with van der Waals surface area (Å²) in [5.41, 5.74) is 9.17. The third-order valence-electron chi connectivity index (χ3n) is 3.25. The molecule has 0 bridgehead atoms. The van der Waals surface area contributed by atoms with Gasteiger partial charge in [-0.05, 0) is 37.1 Å². The molecule has 0 aliphatic rings. The molecule has 2 rings (SSSR count). The fourth-order valence-corrected chi connectivity index (χ4v) is 2.05. The fourth-order valence-electron chi connectivity index (χ4n) is 2.05. The lowest BCUT2D eigenvalue weighted by Gasteiger charge is -2.25. The molecule has 2 N–H and O–H groups in total. The van der Waals surface area contributed by atoms with Crippen LogP contribution in [0.1, 0.15) is 25.3 Å². The van der Waals surface area contributed by atoms with Crippen molar-refractivity contribution in [1.82, 2.24) is 4.98 Å². The molecular formula is C16H21N3. The minimum absolute atomic E-state index is 0.766. The molecule has 0 radical (unpaired) electrons. The number of hydrogen-bond donors (Lipinski definition) is 1. The van der Waals surface area contributed by atoms with Gasteiger partial charge in [0.1, 0.15) is 0 Å². The fraction of sp³-hybridized carbons (Fsp3) is 0.312. The summed E-state index contributed by atoms with van der Waals surface area (Å²) in [7, 11) is 0. The number of benzene rings is 1. The minimum Gasteiger partial charge on any atom is -0.396 e. The number of unbranched alkanes of at least 4 members (excludes halogenated alkanes) is 1. The van der Waals surface area contributed by atoms with Crippen LogP contribution in [0.15, 0.2) is 42.6 Å². The Labute approximate surface area is 115 Å². The van der Waals surface area contributed by atoms with Crippen LogP contribution in [0.2, 0.25) is 0 Å². The van der Waals surface area contributed by atoms with Gasteiger partial charge >= 0.3 is 0 Å². The zero-order valence-electron chi connectivity index (χ0n) is 11.6. The summed E-state index contributed by atoms with van der Waals surface area (Å²) in [6.45, 7) is 5.14. The van der Waals surface area contributed by atoms with Gasteiger partial charge in [0.2, 0.25) is 0 Å². The standard InChI is InChI=1S/C16H21N3/c1-3-4-12-19(14-8-6-5-7-9-14)16-15(17)13(2)10-11-18-16/h5-11H,3-4,12,17H2,1-2H3. The lowest BCUT2D eigenvalue weighted by atomic mass is 10.2. The summed E-state index contributed by atoms with van der Waals surface area (Å²) in [4.78, 5) is 6.67. The van der Waals surface area contributed by atoms with Crippen molar-refractivity contribution < 1.29 is 0 Å². The van der Waals surface area contributed by atoms with Crippen molar-refractivity contribution >= 4 is 17.2 Å². The number of para-hydroxylation sites is 1. The highest BCUT2D eigenvalue weighted by molar-refractivity contribution is 5.73. The Morgan fingerprint density at radius 2 is 1.89 bits per heavy atom. The molecule has 0 fully saturated rings. The zero-order valence-corrected chi connectivity index (χ0v) is 11.6. The molecular weight excluding hydrogens is 234 g/mol. The van der Waals surface area contributed by atoms with E-state index >= 15 is 0 Å². The summed E-state index contributed by atoms with van der Waals surface area (Å²) >= 11 is 0. The van der Waals surface area contributed by atoms with E-state index in [-0.39, 0.29) is 0 Å². The van der Waals surface area contributed by atoms with Gasteiger partial charge in [-0.1, -0.05) is 31.5 Å². The maximum atomic E-state index is 6.19. The Hall–Kier alpha value is -2.03. The third kappa shape index (κ3) is 3.05. The Morgan fingerprint density at radius 1 is 1.16 bits per heavy atom. The average molecular weight is 255 g/mol. The van der Waals surface area contributed by atoms with Crippen molar-refractivity contribution in [3.05, 3.63) is 48.2 Å². The molecule has 1 aromatic carbocycles. The molecule has 100 valence electrons. The number of aryl methyl sites for hydroxylation is 1. The predicted molar refractivity (Wildman–Crippen MR) is 81.7 cm³/mol. The van der Waals surface area contributed by atoms with Crippen molar-refractivity contribution in [3.8, 4) is 0 Å². The van der Waals surface area contributed by atoms with Crippen molar-refractivity contribution in [1.29, 1.82) is 0 Å². The second-order valence-corrected chi connectivity index (χ2v) is 4.71. The first-order chi connectivity index (χ1) is 9.24. The summed E-state index contributed by atoms with van der Waals surface area (Å²) in [5.74, 6) is 0.861. The van der Waals surface area contributed by atoms with Crippen LogP contribution in [0.25, 0.3) is 0 Å². The number of anilines is 3. The van der Waals surface area contributed by atoms with E-state index in [1.807, 2.05) is 37.4 Å². The first-order valence-electron chi connectivity index (χ1n) is 6.77. The predicted octanol–water partition coefficient (Wildman–Crippen LogP) is 3.91. The maximum Gasteiger partial charge on any atom is 0.156 e. The Balaban J connectivity index is 2.40. The van der Waals surface area contributed by atoms with Gasteiger partial charge in [0.15, 0.2) is 5.82 Å². The normalized spacial score (nSPS) is 10.4. The van der Waals surface area contributed by atoms with E-state index < -0.39 is 0 Å². The van der Waals surface area contributed by atoms with Crippen LogP contribution >= 0.6 is 0 Å². The SMILES string of the molecule is CCCCN(c1ccccc1)c1nccc(C)c1N. The molecule has 2 aromatic rings. The van der Waals surface area contributed by atoms with Crippen LogP contribution in [0.3, 0.4) is 0 Å². The molecule has 1 heterocycles. The highest BCUT2D eigenvalue weighted by Gasteiger charge is 2.13. The number of nitrogen functional groups attached to an aromatic ring is 1. The molecule has 1 aromatic heterocycles. The lowest BCUT2D eigenvalue weighted by molar-refractivity contribution is 0.780. The zero-order chi connectivity index (χ0) is 13.7. The van der Waals surface area contributed by atoms with Crippen LogP contribution in [0.4, 0.5) is 17.2 Å². The lowest BCUT2D eigenvalue weighted by Crippen LogP contribution is -2.21. The molecule has 0 saturated carbocycles. The molecule has 0 atom stereocenters. The third-order valence-corrected chi connectivity index (χ3v) is 3.25. The number of nitrogens with zero attached hydrogens (tertiary/aromatic N) is 2. The maximum absolute atomic E-state index is 6.19. The smallest absolute Gasteiger partial charge is 0.156 e. The van der Waals surface area contributed by atoms with Crippen LogP contribution in [-0.4, -0.2) is 11.5 Å². The molecule has 0 aliphatic heterocycles. The van der Waals surface area contributed by atoms with Gasteiger partial charge in [-0.2, -0.15) is 0 Å². The Kier molecular flexibility index (Phi) is 4.39. The van der Waals surface area contributed by atoms with E-state index in [1.54, 1.807) is 0 Å². The van der Waals surface area contributed by atoms with Gasteiger partial charge < -0.3 is 10.6 Å². The van der Waals surface area contributed by atoms with Crippen LogP contribution in [-0.2, 0) is 0 Å². The molecule has 3 nitrogen and oxygen atoms in total. The van der Waals surface area contributed by atoms with Gasteiger partial charge in [0.25, 0.3) is 0 Å². The van der Waals surface area contributed by atoms with Crippen molar-refractivity contribution in [2.24, 2.45) is 0 Å². The first-order valence-corrected chi connectivity index (χ1v) is 6.77. The second kappa shape index (κ2) is 6.23. The van der Waals surface area contributed by atoms with Gasteiger partial charge in [-0.25, -0.2) is 4.98 Å². The quantitative estimate of drug-likeness (QED) is 0.880. The topological polar surface area (TPSA) is 42.2 Å². The van der Waals surface area contributed by atoms with E-state index in [9.17, 15) is 0 Å². The highest BCUT2D eigenvalue weighted by Crippen LogP contribution is 2.30. The highest BCUT2D eigenvalue weighted by atomic mass is 15.2. The number of pyridine rings is 1. The molecule has 0 saturated heterocycles. The molecule has 0 aliphatic carbocycles. The van der Waals surface area contributed by atoms with E-state index in [0.29, 0.717) is 0 Å². The van der Waals surface area contributed by atoms with E-state index in [1.165, 1.54) is 0 Å². The second-order valence-electron chi connectivity index (χ2n) is 4.71. The van der Waals surface area contributed by atoms with Crippen LogP contribution in [0.5, 0.6) is 0 Å². The van der Waals surface area contributed by atoms with Crippen molar-refractivity contribution in [2.45, 2.75) is 26.7 Å². The molecule has 0 amide bonds. The monoisotopic (exact) mass is 255 g/mol. The largest absolute Gasteiger partial charge is 0.396 e. The van der Waals surface area contributed by atoms with Gasteiger partial charge in [-0.15, -0.1) is 0 Å². The first kappa shape index (κ1) is 13.4. The summed E-state index contributed by atoms with van der Waals surface area (Å²) in [5, 5.41) is 0. The molecule has 0 unspecified atom stereocenters. The molecule has 19 heavy (non-hydrogen) atoms. The average Bonchev–Trinajstić information content (AvgIpc) is 2.45. The van der Waals surface area contributed by atoms with Crippen LogP contribution in [0, 0.1) is 6.92 Å². The minimum atomic E-state index is 0.766. The summed E-state index contributed by atoms with van der Waals surface area (Å²) in [6.07, 6.45) is 4.09. The number of rotatable bonds is 5. The van der Waals surface area contributed by atoms with Crippen LogP contribution < -0.4 is 10.6 Å². The number of aromatic nitrogens is 1. The van der Waals surface area contributed by atoms with Crippen molar-refractivity contribution in [2.75, 3.05) is 17.2 Å².